The van der Waals surface area contributed by atoms with E-state index in [1.807, 2.05) is 20.7 Å². The Morgan fingerprint density at radius 1 is 0.833 bits per heavy atom. The number of halogens is 2. The molecule has 0 bridgehead atoms. The molecule has 0 N–H and O–H groups in total. The molecule has 0 heterocycles. The molecule has 0 saturated carbocycles. The molecule has 0 saturated heterocycles. The van der Waals surface area contributed by atoms with Crippen molar-refractivity contribution in [2.24, 2.45) is 0 Å². The average Bonchev–Trinajstić information content (AvgIpc) is 3.04. The molecule has 0 aliphatic heterocycles. The molecule has 142 valence electrons. The molecular weight excluding hydrogens is 430 g/mol. The van der Waals surface area contributed by atoms with Crippen LogP contribution in [0.2, 0.25) is 0 Å². The fraction of sp³-hybridized carbons (Fsp3) is 0.500. The van der Waals surface area contributed by atoms with Crippen LogP contribution >= 0.6 is 24.8 Å². The van der Waals surface area contributed by atoms with Crippen LogP contribution < -0.4 is 0 Å². The Balaban J connectivity index is -0.0000000671. The van der Waals surface area contributed by atoms with E-state index in [2.05, 4.69) is 65.8 Å². The van der Waals surface area contributed by atoms with Crippen LogP contribution in [0.5, 0.6) is 0 Å². The fourth-order valence-corrected chi connectivity index (χ4v) is 1.30. The maximum absolute atomic E-state index is 3.49. The first kappa shape index (κ1) is 35.7. The van der Waals surface area contributed by atoms with E-state index in [0.29, 0.717) is 0 Å². The van der Waals surface area contributed by atoms with E-state index in [1.54, 1.807) is 23.3 Å². The van der Waals surface area contributed by atoms with Crippen molar-refractivity contribution in [2.75, 3.05) is 0 Å². The molecule has 0 fully saturated rings. The van der Waals surface area contributed by atoms with E-state index >= 15 is 0 Å². The van der Waals surface area contributed by atoms with Gasteiger partial charge in [-0.2, -0.15) is 25.0 Å². The zero-order valence-corrected chi connectivity index (χ0v) is 21.9. The van der Waals surface area contributed by atoms with Crippen molar-refractivity contribution < 1.29 is 23.3 Å². The van der Waals surface area contributed by atoms with Crippen molar-refractivity contribution in [3.05, 3.63) is 60.4 Å². The van der Waals surface area contributed by atoms with Crippen molar-refractivity contribution in [1.29, 1.82) is 0 Å². The first-order chi connectivity index (χ1) is 10.4. The Morgan fingerprint density at radius 3 is 1.08 bits per heavy atom. The molecule has 0 amide bonds. The molecule has 0 aromatic rings. The van der Waals surface area contributed by atoms with Gasteiger partial charge in [0.1, 0.15) is 0 Å². The van der Waals surface area contributed by atoms with Gasteiger partial charge in [0.05, 0.1) is 0 Å². The van der Waals surface area contributed by atoms with E-state index < -0.39 is 0 Å². The van der Waals surface area contributed by atoms with Crippen LogP contribution in [0.4, 0.5) is 0 Å². The minimum absolute atomic E-state index is 0. The Labute approximate surface area is 181 Å². The van der Waals surface area contributed by atoms with Crippen LogP contribution in [0.25, 0.3) is 0 Å². The third-order valence-corrected chi connectivity index (χ3v) is 2.73. The number of rotatable bonds is 0. The van der Waals surface area contributed by atoms with E-state index in [0.717, 1.165) is 25.7 Å². The fourth-order valence-electron chi connectivity index (χ4n) is 1.30. The van der Waals surface area contributed by atoms with E-state index in [1.165, 1.54) is 22.3 Å². The summed E-state index contributed by atoms with van der Waals surface area (Å²) in [6.45, 7) is 21.4. The molecule has 0 radical (unpaired) electrons. The van der Waals surface area contributed by atoms with E-state index in [-0.39, 0.29) is 24.8 Å². The van der Waals surface area contributed by atoms with Gasteiger partial charge in [-0.05, 0) is 0 Å². The first-order valence-electron chi connectivity index (χ1n) is 7.87. The molecule has 0 atom stereocenters. The molecule has 4 heteroatoms. The molecule has 24 heavy (non-hydrogen) atoms. The van der Waals surface area contributed by atoms with Crippen LogP contribution in [0.1, 0.15) is 67.2 Å². The van der Waals surface area contributed by atoms with Gasteiger partial charge in [-0.15, -0.1) is 51.5 Å². The van der Waals surface area contributed by atoms with Gasteiger partial charge < -0.3 is 13.8 Å². The summed E-state index contributed by atoms with van der Waals surface area (Å²) in [4.78, 5) is 0. The van der Waals surface area contributed by atoms with Gasteiger partial charge >= 0.3 is 30.2 Å². The summed E-state index contributed by atoms with van der Waals surface area (Å²) in [5.41, 5.74) is 5.42. The van der Waals surface area contributed by atoms with E-state index in [9.17, 15) is 0 Å². The molecular formula is C20H36Cl2SiZr-4. The zero-order valence-electron chi connectivity index (χ0n) is 16.4. The maximum atomic E-state index is 3.49. The van der Waals surface area contributed by atoms with Crippen molar-refractivity contribution in [3.8, 4) is 0 Å². The average molecular weight is 467 g/mol. The summed E-state index contributed by atoms with van der Waals surface area (Å²) >= 11 is 1.58. The van der Waals surface area contributed by atoms with Crippen molar-refractivity contribution >= 4 is 31.7 Å². The van der Waals surface area contributed by atoms with Crippen molar-refractivity contribution in [3.63, 3.8) is 0 Å². The molecule has 2 rings (SSSR count). The summed E-state index contributed by atoms with van der Waals surface area (Å²) < 4.78 is 0. The summed E-state index contributed by atoms with van der Waals surface area (Å²) in [6.07, 6.45) is 14.8. The normalized spacial score (nSPS) is 12.8. The van der Waals surface area contributed by atoms with Gasteiger partial charge in [-0.25, -0.2) is 22.3 Å². The van der Waals surface area contributed by atoms with Crippen LogP contribution in [0.3, 0.4) is 0 Å². The van der Waals surface area contributed by atoms with E-state index in [4.69, 9.17) is 0 Å². The Kier molecular flexibility index (Phi) is 42.3. The Hall–Kier alpha value is 0.640. The number of allylic oxidation sites excluding steroid dienone is 8. The van der Waals surface area contributed by atoms with Gasteiger partial charge in [0.2, 0.25) is 0 Å². The quantitative estimate of drug-likeness (QED) is 0.280. The second-order valence-corrected chi connectivity index (χ2v) is 4.79. The van der Waals surface area contributed by atoms with Crippen molar-refractivity contribution in [1.82, 2.24) is 0 Å². The monoisotopic (exact) mass is 464 g/mol. The summed E-state index contributed by atoms with van der Waals surface area (Å²) in [5, 5.41) is 0. The SMILES string of the molecule is CC1=[C-]CC=C1C.CC1=[C-]CC=C1C.Cl.Cl.[CH2-]CC.[CH2-]CC.[SiH2]=[Zr]. The predicted molar refractivity (Wildman–Crippen MR) is 116 cm³/mol. The third kappa shape index (κ3) is 24.9. The molecule has 2 aliphatic carbocycles. The molecule has 0 spiro atoms. The van der Waals surface area contributed by atoms with Gasteiger partial charge in [-0.3, -0.25) is 12.2 Å². The Bertz CT molecular complexity index is 315. The number of hydrogen-bond acceptors (Lipinski definition) is 0. The Morgan fingerprint density at radius 2 is 1.04 bits per heavy atom. The first-order valence-corrected chi connectivity index (χ1v) is 13.8. The third-order valence-electron chi connectivity index (χ3n) is 2.73. The van der Waals surface area contributed by atoms with Crippen LogP contribution in [0.15, 0.2) is 34.4 Å². The molecule has 0 aromatic carbocycles. The van der Waals surface area contributed by atoms with Crippen LogP contribution in [0, 0.1) is 26.0 Å². The topological polar surface area (TPSA) is 0 Å². The summed E-state index contributed by atoms with van der Waals surface area (Å²) in [6, 6.07) is 0. The second-order valence-electron chi connectivity index (χ2n) is 4.79. The standard InChI is InChI=1S/2C7H9.2C3H7.2ClH.H2Si.Zr/c2*1-6-4-3-5-7(6)2;2*1-3-2;;;;/h2*4H,3H2,1-2H3;2*1,3H2,2H3;2*1H;1H2;/q4*-1;;;;. The van der Waals surface area contributed by atoms with Gasteiger partial charge in [0, 0.05) is 0 Å². The van der Waals surface area contributed by atoms with Crippen molar-refractivity contribution in [2.45, 2.75) is 67.2 Å². The number of hydrogen-bond donors (Lipinski definition) is 0. The second kappa shape index (κ2) is 28.4. The van der Waals surface area contributed by atoms with Gasteiger partial charge in [0.15, 0.2) is 0 Å². The van der Waals surface area contributed by atoms with Gasteiger partial charge in [-0.1, -0.05) is 27.7 Å². The summed E-state index contributed by atoms with van der Waals surface area (Å²) in [7, 11) is 0. The molecule has 2 aliphatic rings. The van der Waals surface area contributed by atoms with Gasteiger partial charge in [0.25, 0.3) is 0 Å². The molecule has 0 nitrogen and oxygen atoms in total. The van der Waals surface area contributed by atoms with Crippen LogP contribution in [-0.4, -0.2) is 6.88 Å². The predicted octanol–water partition coefficient (Wildman–Crippen LogP) is 6.56. The van der Waals surface area contributed by atoms with Crippen LogP contribution in [-0.2, 0) is 23.3 Å². The zero-order chi connectivity index (χ0) is 18.0. The minimum atomic E-state index is 0. The molecule has 0 unspecified atom stereocenters. The molecule has 0 aromatic heterocycles. The summed E-state index contributed by atoms with van der Waals surface area (Å²) in [5.74, 6) is 0.